The summed E-state index contributed by atoms with van der Waals surface area (Å²) >= 11 is 0. The molecule has 0 saturated carbocycles. The molecular formula is C12H14O5S. The Hall–Kier alpha value is -1.56. The maximum absolute atomic E-state index is 11.0. The number of hydrogen-bond donors (Lipinski definition) is 1. The van der Waals surface area contributed by atoms with Crippen LogP contribution in [0.4, 0.5) is 0 Å². The number of ether oxygens (including phenoxy) is 1. The van der Waals surface area contributed by atoms with Gasteiger partial charge in [-0.3, -0.25) is 4.79 Å². The van der Waals surface area contributed by atoms with Gasteiger partial charge in [0.2, 0.25) is 0 Å². The Morgan fingerprint density at radius 2 is 1.89 bits per heavy atom. The van der Waals surface area contributed by atoms with Gasteiger partial charge < -0.3 is 9.84 Å². The summed E-state index contributed by atoms with van der Waals surface area (Å²) in [6, 6.07) is 7.07. The number of hydrogen-bond acceptors (Lipinski definition) is 4. The number of benzene rings is 1. The molecule has 0 atom stereocenters. The number of carbonyl (C=O) groups is 1. The maximum Gasteiger partial charge on any atom is 0.303 e. The summed E-state index contributed by atoms with van der Waals surface area (Å²) in [5.41, 5.74) is 0.922. The highest BCUT2D eigenvalue weighted by atomic mass is 32.2. The Kier molecular flexibility index (Phi) is 3.56. The van der Waals surface area contributed by atoms with Gasteiger partial charge in [0, 0.05) is 6.42 Å². The summed E-state index contributed by atoms with van der Waals surface area (Å²) in [5.74, 6) is -0.0504. The number of carboxylic acids is 1. The van der Waals surface area contributed by atoms with E-state index in [2.05, 4.69) is 0 Å². The predicted molar refractivity (Wildman–Crippen MR) is 65.5 cm³/mol. The van der Waals surface area contributed by atoms with Crippen LogP contribution in [0.15, 0.2) is 24.3 Å². The van der Waals surface area contributed by atoms with E-state index in [-0.39, 0.29) is 24.0 Å². The van der Waals surface area contributed by atoms with E-state index in [9.17, 15) is 13.2 Å². The molecular weight excluding hydrogens is 256 g/mol. The molecule has 1 aliphatic rings. The van der Waals surface area contributed by atoms with Crippen molar-refractivity contribution in [1.82, 2.24) is 0 Å². The van der Waals surface area contributed by atoms with E-state index in [4.69, 9.17) is 9.84 Å². The fourth-order valence-corrected chi connectivity index (χ4v) is 2.94. The van der Waals surface area contributed by atoms with Gasteiger partial charge in [0.05, 0.1) is 11.5 Å². The molecule has 1 aliphatic heterocycles. The minimum Gasteiger partial charge on any atom is -0.488 e. The SMILES string of the molecule is O=C(O)CCc1ccc(OC2CS(=O)(=O)C2)cc1. The van der Waals surface area contributed by atoms with Crippen LogP contribution in [0.1, 0.15) is 12.0 Å². The van der Waals surface area contributed by atoms with Gasteiger partial charge in [-0.15, -0.1) is 0 Å². The molecule has 1 heterocycles. The van der Waals surface area contributed by atoms with Gasteiger partial charge in [-0.25, -0.2) is 8.42 Å². The first-order valence-corrected chi connectivity index (χ1v) is 7.44. The van der Waals surface area contributed by atoms with E-state index >= 15 is 0 Å². The minimum atomic E-state index is -2.87. The number of aliphatic carboxylic acids is 1. The molecule has 1 N–H and O–H groups in total. The fraction of sp³-hybridized carbons (Fsp3) is 0.417. The van der Waals surface area contributed by atoms with E-state index in [0.717, 1.165) is 5.56 Å². The van der Waals surface area contributed by atoms with Gasteiger partial charge in [0.25, 0.3) is 0 Å². The first-order chi connectivity index (χ1) is 8.44. The molecule has 0 amide bonds. The third-order valence-electron chi connectivity index (χ3n) is 2.73. The molecule has 5 nitrogen and oxygen atoms in total. The zero-order valence-electron chi connectivity index (χ0n) is 9.70. The van der Waals surface area contributed by atoms with Crippen LogP contribution in [0.3, 0.4) is 0 Å². The lowest BCUT2D eigenvalue weighted by Crippen LogP contribution is -2.45. The highest BCUT2D eigenvalue weighted by Gasteiger charge is 2.35. The Labute approximate surface area is 105 Å². The van der Waals surface area contributed by atoms with E-state index in [1.807, 2.05) is 0 Å². The molecule has 1 aromatic carbocycles. The molecule has 98 valence electrons. The molecule has 18 heavy (non-hydrogen) atoms. The highest BCUT2D eigenvalue weighted by Crippen LogP contribution is 2.20. The lowest BCUT2D eigenvalue weighted by molar-refractivity contribution is -0.136. The lowest BCUT2D eigenvalue weighted by atomic mass is 10.1. The molecule has 6 heteroatoms. The number of carboxylic acid groups (broad SMARTS) is 1. The van der Waals surface area contributed by atoms with Crippen molar-refractivity contribution in [3.8, 4) is 5.75 Å². The molecule has 0 aliphatic carbocycles. The van der Waals surface area contributed by atoms with Gasteiger partial charge in [0.1, 0.15) is 11.9 Å². The third kappa shape index (κ3) is 3.46. The van der Waals surface area contributed by atoms with Crippen LogP contribution in [0.2, 0.25) is 0 Å². The normalized spacial score (nSPS) is 18.0. The Morgan fingerprint density at radius 3 is 2.39 bits per heavy atom. The van der Waals surface area contributed by atoms with Crippen LogP contribution < -0.4 is 4.74 Å². The third-order valence-corrected chi connectivity index (χ3v) is 4.49. The van der Waals surface area contributed by atoms with Gasteiger partial charge in [-0.05, 0) is 24.1 Å². The van der Waals surface area contributed by atoms with Crippen LogP contribution >= 0.6 is 0 Å². The summed E-state index contributed by atoms with van der Waals surface area (Å²) in [6.07, 6.45) is 0.328. The molecule has 0 spiro atoms. The number of sulfone groups is 1. The molecule has 0 aromatic heterocycles. The Balaban J connectivity index is 1.86. The standard InChI is InChI=1S/C12H14O5S/c13-12(14)6-3-9-1-4-10(5-2-9)17-11-7-18(15,16)8-11/h1-2,4-5,11H,3,6-8H2,(H,13,14). The predicted octanol–water partition coefficient (Wildman–Crippen LogP) is 0.880. The number of aryl methyl sites for hydroxylation is 1. The average Bonchev–Trinajstić information content (AvgIpc) is 2.25. The van der Waals surface area contributed by atoms with Crippen LogP contribution in [0.25, 0.3) is 0 Å². The smallest absolute Gasteiger partial charge is 0.303 e. The van der Waals surface area contributed by atoms with Gasteiger partial charge in [0.15, 0.2) is 9.84 Å². The van der Waals surface area contributed by atoms with Crippen molar-refractivity contribution in [2.24, 2.45) is 0 Å². The van der Waals surface area contributed by atoms with E-state index < -0.39 is 15.8 Å². The molecule has 1 saturated heterocycles. The largest absolute Gasteiger partial charge is 0.488 e. The summed E-state index contributed by atoms with van der Waals surface area (Å²) in [5, 5.41) is 8.56. The van der Waals surface area contributed by atoms with Crippen molar-refractivity contribution in [2.45, 2.75) is 18.9 Å². The number of rotatable bonds is 5. The first kappa shape index (κ1) is 12.9. The zero-order valence-corrected chi connectivity index (χ0v) is 10.5. The van der Waals surface area contributed by atoms with Gasteiger partial charge >= 0.3 is 5.97 Å². The van der Waals surface area contributed by atoms with Gasteiger partial charge in [-0.2, -0.15) is 0 Å². The van der Waals surface area contributed by atoms with Crippen molar-refractivity contribution in [3.63, 3.8) is 0 Å². The van der Waals surface area contributed by atoms with Crippen LogP contribution in [0.5, 0.6) is 5.75 Å². The van der Waals surface area contributed by atoms with Crippen molar-refractivity contribution >= 4 is 15.8 Å². The van der Waals surface area contributed by atoms with E-state index in [1.54, 1.807) is 24.3 Å². The van der Waals surface area contributed by atoms with Crippen LogP contribution in [-0.2, 0) is 21.1 Å². The molecule has 1 aromatic rings. The van der Waals surface area contributed by atoms with E-state index in [0.29, 0.717) is 12.2 Å². The minimum absolute atomic E-state index is 0.0771. The summed E-state index contributed by atoms with van der Waals surface area (Å²) < 4.78 is 27.4. The zero-order chi connectivity index (χ0) is 13.2. The highest BCUT2D eigenvalue weighted by molar-refractivity contribution is 7.92. The topological polar surface area (TPSA) is 80.7 Å². The van der Waals surface area contributed by atoms with Gasteiger partial charge in [-0.1, -0.05) is 12.1 Å². The van der Waals surface area contributed by atoms with Crippen molar-refractivity contribution in [1.29, 1.82) is 0 Å². The van der Waals surface area contributed by atoms with Crippen LogP contribution in [0, 0.1) is 0 Å². The summed E-state index contributed by atoms with van der Waals surface area (Å²) in [4.78, 5) is 10.4. The van der Waals surface area contributed by atoms with Crippen molar-refractivity contribution in [2.75, 3.05) is 11.5 Å². The first-order valence-electron chi connectivity index (χ1n) is 5.62. The summed E-state index contributed by atoms with van der Waals surface area (Å²) in [6.45, 7) is 0. The maximum atomic E-state index is 11.0. The molecule has 2 rings (SSSR count). The Morgan fingerprint density at radius 1 is 1.28 bits per heavy atom. The second-order valence-electron chi connectivity index (χ2n) is 4.35. The average molecular weight is 270 g/mol. The molecule has 1 fully saturated rings. The van der Waals surface area contributed by atoms with Crippen molar-refractivity contribution < 1.29 is 23.1 Å². The fourth-order valence-electron chi connectivity index (χ4n) is 1.76. The lowest BCUT2D eigenvalue weighted by Gasteiger charge is -2.26. The molecule has 0 radical (unpaired) electrons. The van der Waals surface area contributed by atoms with E-state index in [1.165, 1.54) is 0 Å². The molecule has 0 unspecified atom stereocenters. The Bertz CT molecular complexity index is 520. The quantitative estimate of drug-likeness (QED) is 0.859. The second kappa shape index (κ2) is 4.97. The monoisotopic (exact) mass is 270 g/mol. The second-order valence-corrected chi connectivity index (χ2v) is 6.51. The summed E-state index contributed by atoms with van der Waals surface area (Å²) in [7, 11) is -2.87. The van der Waals surface area contributed by atoms with Crippen LogP contribution in [-0.4, -0.2) is 37.1 Å². The van der Waals surface area contributed by atoms with Crippen molar-refractivity contribution in [3.05, 3.63) is 29.8 Å². The molecule has 0 bridgehead atoms.